The van der Waals surface area contributed by atoms with Crippen LogP contribution in [-0.4, -0.2) is 11.8 Å². The summed E-state index contributed by atoms with van der Waals surface area (Å²) in [6.45, 7) is 4.07. The molecule has 0 aliphatic carbocycles. The number of carbonyl (C=O) groups excluding carboxylic acids is 2. The van der Waals surface area contributed by atoms with E-state index in [4.69, 9.17) is 0 Å². The lowest BCUT2D eigenvalue weighted by atomic mass is 10.1. The van der Waals surface area contributed by atoms with Crippen molar-refractivity contribution in [1.82, 2.24) is 0 Å². The summed E-state index contributed by atoms with van der Waals surface area (Å²) in [5, 5.41) is 5.21. The van der Waals surface area contributed by atoms with Crippen LogP contribution in [0.4, 0.5) is 11.4 Å². The summed E-state index contributed by atoms with van der Waals surface area (Å²) >= 11 is 3.40. The number of rotatable bonds is 5. The number of nitrogens with one attached hydrogen (secondary N) is 2. The smallest absolute Gasteiger partial charge is 0.314 e. The Kier molecular flexibility index (Phi) is 6.55. The number of hydrogen-bond donors (Lipinski definition) is 2. The van der Waals surface area contributed by atoms with Gasteiger partial charge in [-0.1, -0.05) is 41.4 Å². The maximum atomic E-state index is 12.0. The van der Waals surface area contributed by atoms with Gasteiger partial charge in [-0.25, -0.2) is 0 Å². The van der Waals surface area contributed by atoms with Gasteiger partial charge in [0.2, 0.25) is 0 Å². The number of amides is 2. The van der Waals surface area contributed by atoms with Crippen molar-refractivity contribution in [3.63, 3.8) is 0 Å². The van der Waals surface area contributed by atoms with Gasteiger partial charge in [-0.2, -0.15) is 0 Å². The van der Waals surface area contributed by atoms with Gasteiger partial charge in [0.25, 0.3) is 0 Å². The van der Waals surface area contributed by atoms with E-state index in [1.807, 2.05) is 37.3 Å². The van der Waals surface area contributed by atoms with Gasteiger partial charge in [0.1, 0.15) is 0 Å². The van der Waals surface area contributed by atoms with Gasteiger partial charge in [-0.3, -0.25) is 9.59 Å². The van der Waals surface area contributed by atoms with E-state index >= 15 is 0 Å². The minimum absolute atomic E-state index is 0.589. The number of carbonyl (C=O) groups is 2. The van der Waals surface area contributed by atoms with Crippen LogP contribution in [-0.2, 0) is 16.0 Å². The Balaban J connectivity index is 1.93. The summed E-state index contributed by atoms with van der Waals surface area (Å²) in [6.07, 6.45) is 3.31. The molecule has 0 saturated carbocycles. The zero-order chi connectivity index (χ0) is 17.5. The van der Waals surface area contributed by atoms with Crippen molar-refractivity contribution in [2.45, 2.75) is 33.1 Å². The highest BCUT2D eigenvalue weighted by molar-refractivity contribution is 9.10. The van der Waals surface area contributed by atoms with Crippen LogP contribution in [0.3, 0.4) is 0 Å². The molecule has 0 unspecified atom stereocenters. The topological polar surface area (TPSA) is 58.2 Å². The van der Waals surface area contributed by atoms with E-state index in [2.05, 4.69) is 33.5 Å². The molecule has 0 saturated heterocycles. The summed E-state index contributed by atoms with van der Waals surface area (Å²) in [7, 11) is 0. The highest BCUT2D eigenvalue weighted by Gasteiger charge is 2.14. The first-order valence-electron chi connectivity index (χ1n) is 7.97. The van der Waals surface area contributed by atoms with Crippen molar-refractivity contribution in [3.05, 3.63) is 58.1 Å². The zero-order valence-electron chi connectivity index (χ0n) is 13.9. The van der Waals surface area contributed by atoms with E-state index in [1.54, 1.807) is 12.1 Å². The molecule has 0 fully saturated rings. The van der Waals surface area contributed by atoms with E-state index < -0.39 is 11.8 Å². The number of benzene rings is 2. The molecule has 2 aromatic carbocycles. The van der Waals surface area contributed by atoms with Gasteiger partial charge in [0.05, 0.1) is 0 Å². The van der Waals surface area contributed by atoms with Crippen LogP contribution in [0.2, 0.25) is 0 Å². The Morgan fingerprint density at radius 3 is 2.12 bits per heavy atom. The lowest BCUT2D eigenvalue weighted by Crippen LogP contribution is -2.29. The summed E-state index contributed by atoms with van der Waals surface area (Å²) < 4.78 is 0.952. The molecular formula is C19H21BrN2O2. The molecule has 0 spiro atoms. The van der Waals surface area contributed by atoms with Crippen molar-refractivity contribution in [3.8, 4) is 0 Å². The van der Waals surface area contributed by atoms with Crippen LogP contribution in [0.1, 0.15) is 30.9 Å². The average Bonchev–Trinajstić information content (AvgIpc) is 2.57. The standard InChI is InChI=1S/C19H21BrN2O2/c1-3-4-5-14-6-8-15(9-7-14)21-18(23)19(24)22-16-10-11-17(20)13(2)12-16/h6-12H,3-5H2,1-2H3,(H,21,23)(H,22,24). The molecule has 4 nitrogen and oxygen atoms in total. The fraction of sp³-hybridized carbons (Fsp3) is 0.263. The van der Waals surface area contributed by atoms with Crippen LogP contribution in [0.5, 0.6) is 0 Å². The van der Waals surface area contributed by atoms with Gasteiger partial charge in [-0.05, 0) is 61.2 Å². The molecule has 0 aromatic heterocycles. The van der Waals surface area contributed by atoms with Crippen molar-refractivity contribution in [1.29, 1.82) is 0 Å². The normalized spacial score (nSPS) is 10.3. The highest BCUT2D eigenvalue weighted by atomic mass is 79.9. The molecule has 0 aliphatic heterocycles. The molecular weight excluding hydrogens is 368 g/mol. The lowest BCUT2D eigenvalue weighted by Gasteiger charge is -2.08. The average molecular weight is 389 g/mol. The van der Waals surface area contributed by atoms with Crippen LogP contribution in [0, 0.1) is 6.92 Å². The Morgan fingerprint density at radius 2 is 1.54 bits per heavy atom. The van der Waals surface area contributed by atoms with E-state index in [9.17, 15) is 9.59 Å². The second kappa shape index (κ2) is 8.64. The Morgan fingerprint density at radius 1 is 0.958 bits per heavy atom. The zero-order valence-corrected chi connectivity index (χ0v) is 15.4. The van der Waals surface area contributed by atoms with E-state index in [1.165, 1.54) is 5.56 Å². The third kappa shape index (κ3) is 5.20. The third-order valence-electron chi connectivity index (χ3n) is 3.65. The predicted molar refractivity (Wildman–Crippen MR) is 101 cm³/mol. The van der Waals surface area contributed by atoms with E-state index in [-0.39, 0.29) is 0 Å². The second-order valence-corrected chi connectivity index (χ2v) is 6.53. The fourth-order valence-electron chi connectivity index (χ4n) is 2.23. The number of anilines is 2. The Bertz CT molecular complexity index is 727. The summed E-state index contributed by atoms with van der Waals surface area (Å²) in [5.74, 6) is -1.37. The monoisotopic (exact) mass is 388 g/mol. The van der Waals surface area contributed by atoms with Crippen LogP contribution >= 0.6 is 15.9 Å². The first-order valence-corrected chi connectivity index (χ1v) is 8.76. The van der Waals surface area contributed by atoms with Crippen molar-refractivity contribution in [2.24, 2.45) is 0 Å². The summed E-state index contributed by atoms with van der Waals surface area (Å²) in [5.41, 5.74) is 3.41. The van der Waals surface area contributed by atoms with Gasteiger partial charge in [0.15, 0.2) is 0 Å². The van der Waals surface area contributed by atoms with Crippen LogP contribution in [0.15, 0.2) is 46.9 Å². The number of aryl methyl sites for hydroxylation is 2. The molecule has 126 valence electrons. The molecule has 24 heavy (non-hydrogen) atoms. The predicted octanol–water partition coefficient (Wildman–Crippen LogP) is 4.68. The number of hydrogen-bond acceptors (Lipinski definition) is 2. The molecule has 2 N–H and O–H groups in total. The molecule has 0 radical (unpaired) electrons. The van der Waals surface area contributed by atoms with Gasteiger partial charge in [0, 0.05) is 15.8 Å². The minimum Gasteiger partial charge on any atom is -0.318 e. The molecule has 0 heterocycles. The van der Waals surface area contributed by atoms with Crippen LogP contribution in [0.25, 0.3) is 0 Å². The lowest BCUT2D eigenvalue weighted by molar-refractivity contribution is -0.132. The van der Waals surface area contributed by atoms with Crippen molar-refractivity contribution < 1.29 is 9.59 Å². The molecule has 5 heteroatoms. The molecule has 0 aliphatic rings. The summed E-state index contributed by atoms with van der Waals surface area (Å²) in [6, 6.07) is 13.0. The van der Waals surface area contributed by atoms with Gasteiger partial charge >= 0.3 is 11.8 Å². The molecule has 2 aromatic rings. The molecule has 2 amide bonds. The maximum absolute atomic E-state index is 12.0. The number of unbranched alkanes of at least 4 members (excludes halogenated alkanes) is 1. The molecule has 0 bridgehead atoms. The quantitative estimate of drug-likeness (QED) is 0.730. The minimum atomic E-state index is -0.688. The highest BCUT2D eigenvalue weighted by Crippen LogP contribution is 2.20. The molecule has 2 rings (SSSR count). The van der Waals surface area contributed by atoms with Crippen LogP contribution < -0.4 is 10.6 Å². The third-order valence-corrected chi connectivity index (χ3v) is 4.54. The Labute approximate surface area is 150 Å². The molecule has 0 atom stereocenters. The van der Waals surface area contributed by atoms with Crippen molar-refractivity contribution in [2.75, 3.05) is 10.6 Å². The van der Waals surface area contributed by atoms with Gasteiger partial charge in [-0.15, -0.1) is 0 Å². The fourth-order valence-corrected chi connectivity index (χ4v) is 2.48. The second-order valence-electron chi connectivity index (χ2n) is 5.67. The van der Waals surface area contributed by atoms with Gasteiger partial charge < -0.3 is 10.6 Å². The summed E-state index contributed by atoms with van der Waals surface area (Å²) in [4.78, 5) is 24.0. The van der Waals surface area contributed by atoms with E-state index in [0.717, 1.165) is 29.3 Å². The van der Waals surface area contributed by atoms with Crippen molar-refractivity contribution >= 4 is 39.1 Å². The maximum Gasteiger partial charge on any atom is 0.314 e. The SMILES string of the molecule is CCCCc1ccc(NC(=O)C(=O)Nc2ccc(Br)c(C)c2)cc1. The first kappa shape index (κ1) is 18.2. The Hall–Kier alpha value is -2.14. The van der Waals surface area contributed by atoms with E-state index in [0.29, 0.717) is 11.4 Å². The largest absolute Gasteiger partial charge is 0.318 e. The number of halogens is 1. The first-order chi connectivity index (χ1) is 11.5.